The number of aliphatic hydroxyl groups excluding tert-OH is 1. The molecule has 2 heterocycles. The van der Waals surface area contributed by atoms with Gasteiger partial charge >= 0.3 is 5.69 Å². The quantitative estimate of drug-likeness (QED) is 0.714. The van der Waals surface area contributed by atoms with E-state index in [0.717, 1.165) is 4.57 Å². The second-order valence-electron chi connectivity index (χ2n) is 3.80. The van der Waals surface area contributed by atoms with Crippen molar-refractivity contribution in [2.75, 3.05) is 6.61 Å². The molecule has 0 aliphatic carbocycles. The third-order valence-electron chi connectivity index (χ3n) is 2.58. The second-order valence-corrected chi connectivity index (χ2v) is 3.80. The lowest BCUT2D eigenvalue weighted by Crippen LogP contribution is -2.33. The SMILES string of the molecule is [2H][C@]1(n2cc(C)c(=O)[nH]c2=O)CC[C@@H](CO)O1. The largest absolute Gasteiger partial charge is 0.394 e. The number of nitrogens with one attached hydrogen (secondary N) is 1. The Bertz CT molecular complexity index is 538. The number of aryl methyl sites for hydroxylation is 1. The van der Waals surface area contributed by atoms with Gasteiger partial charge in [0, 0.05) is 11.8 Å². The molecular formula is C10H14N2O4. The molecule has 88 valence electrons. The number of hydrogen-bond donors (Lipinski definition) is 2. The molecule has 0 amide bonds. The average Bonchev–Trinajstić information content (AvgIpc) is 2.66. The van der Waals surface area contributed by atoms with Crippen molar-refractivity contribution < 1.29 is 11.2 Å². The van der Waals surface area contributed by atoms with E-state index in [1.54, 1.807) is 6.92 Å². The molecule has 0 saturated carbocycles. The second kappa shape index (κ2) is 4.23. The van der Waals surface area contributed by atoms with Gasteiger partial charge in [0.25, 0.3) is 5.56 Å². The summed E-state index contributed by atoms with van der Waals surface area (Å²) in [5, 5.41) is 8.96. The highest BCUT2D eigenvalue weighted by Gasteiger charge is 2.26. The number of ether oxygens (including phenoxy) is 1. The van der Waals surface area contributed by atoms with Crippen molar-refractivity contribution >= 4 is 0 Å². The summed E-state index contributed by atoms with van der Waals surface area (Å²) in [7, 11) is 0. The molecule has 1 aromatic heterocycles. The van der Waals surface area contributed by atoms with Gasteiger partial charge in [-0.2, -0.15) is 0 Å². The summed E-state index contributed by atoms with van der Waals surface area (Å²) in [6.45, 7) is 1.37. The molecule has 1 saturated heterocycles. The fourth-order valence-electron chi connectivity index (χ4n) is 1.65. The minimum absolute atomic E-state index is 0.183. The minimum Gasteiger partial charge on any atom is -0.394 e. The molecule has 1 aliphatic rings. The number of rotatable bonds is 2. The first-order chi connectivity index (χ1) is 7.96. The van der Waals surface area contributed by atoms with Crippen LogP contribution in [-0.2, 0) is 4.74 Å². The zero-order valence-corrected chi connectivity index (χ0v) is 8.90. The van der Waals surface area contributed by atoms with Crippen molar-refractivity contribution in [3.05, 3.63) is 32.6 Å². The fourth-order valence-corrected chi connectivity index (χ4v) is 1.65. The Morgan fingerprint density at radius 1 is 1.69 bits per heavy atom. The maximum Gasteiger partial charge on any atom is 0.330 e. The monoisotopic (exact) mass is 227 g/mol. The van der Waals surface area contributed by atoms with E-state index >= 15 is 0 Å². The van der Waals surface area contributed by atoms with Crippen molar-refractivity contribution in [3.8, 4) is 0 Å². The van der Waals surface area contributed by atoms with Crippen LogP contribution in [0, 0.1) is 6.92 Å². The Morgan fingerprint density at radius 2 is 2.44 bits per heavy atom. The van der Waals surface area contributed by atoms with Crippen LogP contribution in [0.1, 0.15) is 26.0 Å². The Balaban J connectivity index is 2.44. The maximum absolute atomic E-state index is 11.6. The van der Waals surface area contributed by atoms with E-state index in [-0.39, 0.29) is 6.61 Å². The van der Waals surface area contributed by atoms with Gasteiger partial charge in [0.15, 0.2) is 0 Å². The molecule has 2 N–H and O–H groups in total. The molecule has 2 atom stereocenters. The van der Waals surface area contributed by atoms with Gasteiger partial charge in [0.1, 0.15) is 6.20 Å². The molecule has 1 fully saturated rings. The molecule has 0 aromatic carbocycles. The van der Waals surface area contributed by atoms with E-state index in [4.69, 9.17) is 11.2 Å². The minimum atomic E-state index is -1.54. The summed E-state index contributed by atoms with van der Waals surface area (Å²) in [6.07, 6.45) is 0.133. The highest BCUT2D eigenvalue weighted by molar-refractivity contribution is 5.01. The molecule has 1 aromatic rings. The number of hydrogen-bond acceptors (Lipinski definition) is 4. The Hall–Kier alpha value is -1.40. The van der Waals surface area contributed by atoms with E-state index in [1.165, 1.54) is 6.20 Å². The van der Waals surface area contributed by atoms with Crippen molar-refractivity contribution in [1.82, 2.24) is 9.55 Å². The van der Waals surface area contributed by atoms with Crippen LogP contribution in [0.3, 0.4) is 0 Å². The Kier molecular flexibility index (Phi) is 2.59. The van der Waals surface area contributed by atoms with Gasteiger partial charge < -0.3 is 9.84 Å². The van der Waals surface area contributed by atoms with E-state index in [9.17, 15) is 9.59 Å². The van der Waals surface area contributed by atoms with Crippen LogP contribution in [0.15, 0.2) is 15.8 Å². The fraction of sp³-hybridized carbons (Fsp3) is 0.600. The predicted octanol–water partition coefficient (Wildman–Crippen LogP) is -0.485. The van der Waals surface area contributed by atoms with Crippen molar-refractivity contribution in [1.29, 1.82) is 0 Å². The van der Waals surface area contributed by atoms with Crippen molar-refractivity contribution in [3.63, 3.8) is 0 Å². The number of nitrogens with zero attached hydrogens (tertiary/aromatic N) is 1. The van der Waals surface area contributed by atoms with E-state index in [1.807, 2.05) is 0 Å². The van der Waals surface area contributed by atoms with Crippen molar-refractivity contribution in [2.24, 2.45) is 0 Å². The summed E-state index contributed by atoms with van der Waals surface area (Å²) in [4.78, 5) is 25.0. The van der Waals surface area contributed by atoms with Crippen LogP contribution in [-0.4, -0.2) is 27.4 Å². The van der Waals surface area contributed by atoms with Crippen LogP contribution in [0.4, 0.5) is 0 Å². The number of aromatic amines is 1. The maximum atomic E-state index is 11.6. The van der Waals surface area contributed by atoms with Gasteiger partial charge in [0.2, 0.25) is 0 Å². The molecule has 1 aliphatic heterocycles. The smallest absolute Gasteiger partial charge is 0.330 e. The van der Waals surface area contributed by atoms with Crippen LogP contribution < -0.4 is 11.2 Å². The summed E-state index contributed by atoms with van der Waals surface area (Å²) in [5.41, 5.74) is -0.798. The van der Waals surface area contributed by atoms with Gasteiger partial charge in [-0.1, -0.05) is 0 Å². The van der Waals surface area contributed by atoms with Crippen LogP contribution in [0.25, 0.3) is 0 Å². The standard InChI is InChI=1S/C10H14N2O4/c1-6-4-12(10(15)11-9(6)14)8-3-2-7(5-13)16-8/h4,7-8,13H,2-3,5H2,1H3,(H,11,14,15)/t7-,8+/m0/s1/i8D. The third-order valence-corrected chi connectivity index (χ3v) is 2.58. The average molecular weight is 227 g/mol. The summed E-state index contributed by atoms with van der Waals surface area (Å²) >= 11 is 0. The van der Waals surface area contributed by atoms with Crippen LogP contribution in [0.5, 0.6) is 0 Å². The predicted molar refractivity (Wildman–Crippen MR) is 56.3 cm³/mol. The highest BCUT2D eigenvalue weighted by Crippen LogP contribution is 2.26. The number of aromatic nitrogens is 2. The molecule has 6 nitrogen and oxygen atoms in total. The van der Waals surface area contributed by atoms with Gasteiger partial charge in [-0.05, 0) is 19.8 Å². The zero-order valence-electron chi connectivity index (χ0n) is 9.90. The molecule has 0 spiro atoms. The third kappa shape index (κ3) is 1.94. The topological polar surface area (TPSA) is 84.3 Å². The van der Waals surface area contributed by atoms with Crippen LogP contribution in [0.2, 0.25) is 0 Å². The molecule has 0 unspecified atom stereocenters. The molecule has 2 rings (SSSR count). The van der Waals surface area contributed by atoms with E-state index < -0.39 is 23.6 Å². The van der Waals surface area contributed by atoms with Gasteiger partial charge in [-0.25, -0.2) is 4.79 Å². The first kappa shape index (κ1) is 9.80. The molecule has 6 heteroatoms. The Labute approximate surface area is 92.9 Å². The first-order valence-corrected chi connectivity index (χ1v) is 5.08. The van der Waals surface area contributed by atoms with Crippen LogP contribution >= 0.6 is 0 Å². The molecular weight excluding hydrogens is 212 g/mol. The molecule has 16 heavy (non-hydrogen) atoms. The number of aliphatic hydroxyl groups is 1. The normalized spacial score (nSPS) is 30.4. The number of H-pyrrole nitrogens is 1. The lowest BCUT2D eigenvalue weighted by molar-refractivity contribution is -0.0247. The van der Waals surface area contributed by atoms with Crippen molar-refractivity contribution in [2.45, 2.75) is 32.1 Å². The lowest BCUT2D eigenvalue weighted by atomic mass is 10.2. The molecule has 0 bridgehead atoms. The van der Waals surface area contributed by atoms with E-state index in [2.05, 4.69) is 4.98 Å². The summed E-state index contributed by atoms with van der Waals surface area (Å²) in [5.74, 6) is 0. The summed E-state index contributed by atoms with van der Waals surface area (Å²) < 4.78 is 14.4. The molecule has 0 radical (unpaired) electrons. The van der Waals surface area contributed by atoms with E-state index in [0.29, 0.717) is 18.4 Å². The summed E-state index contributed by atoms with van der Waals surface area (Å²) in [6, 6.07) is 0. The first-order valence-electron chi connectivity index (χ1n) is 5.58. The Morgan fingerprint density at radius 3 is 3.06 bits per heavy atom. The van der Waals surface area contributed by atoms with Gasteiger partial charge in [0.05, 0.1) is 14.1 Å². The highest BCUT2D eigenvalue weighted by atomic mass is 16.5. The lowest BCUT2D eigenvalue weighted by Gasteiger charge is -2.14. The van der Waals surface area contributed by atoms with Gasteiger partial charge in [-0.3, -0.25) is 14.3 Å². The van der Waals surface area contributed by atoms with Gasteiger partial charge in [-0.15, -0.1) is 0 Å². The zero-order chi connectivity index (χ0) is 12.6.